The van der Waals surface area contributed by atoms with Gasteiger partial charge in [-0.15, -0.1) is 22.6 Å². The number of hydrogen-bond acceptors (Lipinski definition) is 3. The van der Waals surface area contributed by atoms with Crippen LogP contribution >= 0.6 is 0 Å². The molecule has 2 aromatic heterocycles. The van der Waals surface area contributed by atoms with Crippen molar-refractivity contribution in [2.75, 3.05) is 16.5 Å². The van der Waals surface area contributed by atoms with Crippen molar-refractivity contribution in [3.8, 4) is 28.1 Å². The van der Waals surface area contributed by atoms with Crippen molar-refractivity contribution in [3.63, 3.8) is 0 Å². The summed E-state index contributed by atoms with van der Waals surface area (Å²) >= 11 is 0. The van der Waals surface area contributed by atoms with Crippen LogP contribution < -0.4 is 9.80 Å². The maximum absolute atomic E-state index is 5.04. The van der Waals surface area contributed by atoms with E-state index >= 15 is 0 Å². The summed E-state index contributed by atoms with van der Waals surface area (Å²) in [5.41, 5.74) is 16.5. The summed E-state index contributed by atoms with van der Waals surface area (Å²) in [5.74, 6) is 0.862. The van der Waals surface area contributed by atoms with E-state index in [1.54, 1.807) is 0 Å². The third-order valence-electron chi connectivity index (χ3n) is 12.7. The molecule has 0 spiro atoms. The summed E-state index contributed by atoms with van der Waals surface area (Å²) in [6.07, 6.45) is 1.93. The van der Waals surface area contributed by atoms with E-state index in [1.165, 1.54) is 44.5 Å². The fourth-order valence-electron chi connectivity index (χ4n) is 10.00. The molecule has 0 saturated carbocycles. The van der Waals surface area contributed by atoms with Crippen LogP contribution in [0.4, 0.5) is 22.7 Å². The van der Waals surface area contributed by atoms with Crippen LogP contribution in [-0.4, -0.2) is 16.2 Å². The molecule has 0 saturated heterocycles. The van der Waals surface area contributed by atoms with Crippen LogP contribution in [0.3, 0.4) is 0 Å². The Hall–Kier alpha value is -7.00. The van der Waals surface area contributed by atoms with Crippen LogP contribution in [0, 0.1) is 19.1 Å². The van der Waals surface area contributed by atoms with Gasteiger partial charge in [-0.2, -0.15) is 36.4 Å². The van der Waals surface area contributed by atoms with E-state index in [-0.39, 0.29) is 21.1 Å². The summed E-state index contributed by atoms with van der Waals surface area (Å²) in [4.78, 5) is 9.82. The number of aryl methyl sites for hydroxylation is 1. The predicted molar refractivity (Wildman–Crippen MR) is 246 cm³/mol. The molecule has 10 aromatic rings. The van der Waals surface area contributed by atoms with Gasteiger partial charge < -0.3 is 14.4 Å². The zero-order valence-corrected chi connectivity index (χ0v) is 35.6. The SMILES string of the molecule is Cc1ccccc1-c1ccnc(-n2c3[c-]c(C4(c5[c-]c(N6CN(c7ccccc7)c7ccccc76)ccc5)c5ccccc5-c5ccccc54)ccc3c3ccccc32)c1.[Pt+2]. The Morgan fingerprint density at radius 3 is 1.93 bits per heavy atom. The third-order valence-corrected chi connectivity index (χ3v) is 12.7. The van der Waals surface area contributed by atoms with Crippen molar-refractivity contribution < 1.29 is 21.1 Å². The number of para-hydroxylation sites is 4. The summed E-state index contributed by atoms with van der Waals surface area (Å²) in [6.45, 7) is 2.84. The minimum Gasteiger partial charge on any atom is -0.345 e. The molecule has 4 nitrogen and oxygen atoms in total. The van der Waals surface area contributed by atoms with Gasteiger partial charge >= 0.3 is 21.1 Å². The van der Waals surface area contributed by atoms with E-state index in [9.17, 15) is 0 Å². The molecule has 0 radical (unpaired) electrons. The smallest absolute Gasteiger partial charge is 0.345 e. The van der Waals surface area contributed by atoms with Crippen LogP contribution in [0.15, 0.2) is 200 Å². The van der Waals surface area contributed by atoms with Gasteiger partial charge in [-0.1, -0.05) is 133 Å². The second-order valence-electron chi connectivity index (χ2n) is 15.8. The number of benzene rings is 8. The average molecular weight is 962 g/mol. The largest absolute Gasteiger partial charge is 2.00 e. The summed E-state index contributed by atoms with van der Waals surface area (Å²) < 4.78 is 2.30. The second kappa shape index (κ2) is 14.6. The van der Waals surface area contributed by atoms with Crippen molar-refractivity contribution in [3.05, 3.63) is 240 Å². The molecular weight excluding hydrogens is 924 g/mol. The molecule has 2 aliphatic rings. The monoisotopic (exact) mass is 961 g/mol. The van der Waals surface area contributed by atoms with Gasteiger partial charge in [-0.25, -0.2) is 4.98 Å². The predicted octanol–water partition coefficient (Wildman–Crippen LogP) is 13.4. The first kappa shape index (κ1) is 37.0. The molecular formula is C56H38N4Pt. The van der Waals surface area contributed by atoms with E-state index in [4.69, 9.17) is 4.98 Å². The van der Waals surface area contributed by atoms with Crippen molar-refractivity contribution in [1.82, 2.24) is 9.55 Å². The molecule has 292 valence electrons. The first-order valence-electron chi connectivity index (χ1n) is 20.6. The molecule has 0 atom stereocenters. The number of aromatic nitrogens is 2. The van der Waals surface area contributed by atoms with Gasteiger partial charge in [0.05, 0.1) is 18.0 Å². The van der Waals surface area contributed by atoms with Crippen LogP contribution in [-0.2, 0) is 26.5 Å². The standard InChI is InChI=1S/C56H38N4.Pt/c1-38-16-5-6-21-44(38)39-32-33-57-55(34-39)60-51-27-12-9-24-47(51)48-31-30-41(36-54(48)60)56(49-25-10-7-22-45(49)46-23-8-11-26-50(46)56)40-17-15-20-43(35-40)59-37-58(42-18-3-2-4-19-42)52-28-13-14-29-53(52)59;/h2-34H,37H2,1H3;/q-2;+2. The topological polar surface area (TPSA) is 24.3 Å². The Kier molecular flexibility index (Phi) is 8.88. The molecule has 61 heavy (non-hydrogen) atoms. The fraction of sp³-hybridized carbons (Fsp3) is 0.0536. The zero-order valence-electron chi connectivity index (χ0n) is 33.4. The Labute approximate surface area is 370 Å². The molecule has 0 N–H and O–H groups in total. The summed E-state index contributed by atoms with van der Waals surface area (Å²) in [7, 11) is 0. The molecule has 0 fully saturated rings. The van der Waals surface area contributed by atoms with Gasteiger partial charge in [0.2, 0.25) is 0 Å². The van der Waals surface area contributed by atoms with E-state index < -0.39 is 5.41 Å². The minimum atomic E-state index is -0.715. The molecule has 3 heterocycles. The number of nitrogens with zero attached hydrogens (tertiary/aromatic N) is 4. The van der Waals surface area contributed by atoms with Crippen molar-refractivity contribution in [2.24, 2.45) is 0 Å². The van der Waals surface area contributed by atoms with Gasteiger partial charge in [0, 0.05) is 22.8 Å². The Morgan fingerprint density at radius 2 is 1.16 bits per heavy atom. The molecule has 0 bridgehead atoms. The average Bonchev–Trinajstić information content (AvgIpc) is 3.96. The van der Waals surface area contributed by atoms with E-state index in [1.807, 2.05) is 6.20 Å². The number of fused-ring (bicyclic) bond motifs is 7. The quantitative estimate of drug-likeness (QED) is 0.155. The first-order valence-corrected chi connectivity index (χ1v) is 20.6. The van der Waals surface area contributed by atoms with Crippen molar-refractivity contribution in [1.29, 1.82) is 0 Å². The Bertz CT molecular complexity index is 3250. The number of rotatable bonds is 6. The van der Waals surface area contributed by atoms with Gasteiger partial charge in [-0.05, 0) is 93.7 Å². The van der Waals surface area contributed by atoms with E-state index in [2.05, 4.69) is 228 Å². The number of pyridine rings is 1. The van der Waals surface area contributed by atoms with Crippen LogP contribution in [0.1, 0.15) is 27.8 Å². The summed E-state index contributed by atoms with van der Waals surface area (Å²) in [5, 5.41) is 2.31. The normalized spacial score (nSPS) is 13.5. The molecule has 8 aromatic carbocycles. The van der Waals surface area contributed by atoms with E-state index in [0.29, 0.717) is 6.67 Å². The molecule has 1 aliphatic heterocycles. The van der Waals surface area contributed by atoms with Crippen molar-refractivity contribution in [2.45, 2.75) is 12.3 Å². The van der Waals surface area contributed by atoms with Crippen LogP contribution in [0.25, 0.3) is 49.9 Å². The van der Waals surface area contributed by atoms with Gasteiger partial charge in [0.15, 0.2) is 0 Å². The molecule has 0 amide bonds. The van der Waals surface area contributed by atoms with Gasteiger partial charge in [-0.3, -0.25) is 0 Å². The maximum Gasteiger partial charge on any atom is 2.00 e. The van der Waals surface area contributed by atoms with Crippen molar-refractivity contribution >= 4 is 44.6 Å². The molecule has 12 rings (SSSR count). The Morgan fingerprint density at radius 1 is 0.525 bits per heavy atom. The maximum atomic E-state index is 5.04. The fourth-order valence-corrected chi connectivity index (χ4v) is 10.00. The molecule has 1 aliphatic carbocycles. The summed E-state index contributed by atoms with van der Waals surface area (Å²) in [6, 6.07) is 78.2. The Balaban J connectivity index is 0.00000420. The number of anilines is 4. The third kappa shape index (κ3) is 5.59. The van der Waals surface area contributed by atoms with E-state index in [0.717, 1.165) is 56.0 Å². The number of hydrogen-bond donors (Lipinski definition) is 0. The molecule has 5 heteroatoms. The first-order chi connectivity index (χ1) is 29.7. The van der Waals surface area contributed by atoms with Gasteiger partial charge in [0.25, 0.3) is 0 Å². The van der Waals surface area contributed by atoms with Crippen LogP contribution in [0.5, 0.6) is 0 Å². The molecule has 0 unspecified atom stereocenters. The minimum absolute atomic E-state index is 0. The zero-order chi connectivity index (χ0) is 39.8. The van der Waals surface area contributed by atoms with Gasteiger partial charge in [0.1, 0.15) is 5.82 Å². The van der Waals surface area contributed by atoms with Crippen LogP contribution in [0.2, 0.25) is 0 Å². The second-order valence-corrected chi connectivity index (χ2v) is 15.8.